The molecule has 1 amide bonds. The number of carbonyl (C=O) groups is 1. The van der Waals surface area contributed by atoms with Gasteiger partial charge < -0.3 is 14.8 Å². The molecule has 2 aromatic rings. The van der Waals surface area contributed by atoms with Crippen LogP contribution in [0.3, 0.4) is 0 Å². The standard InChI is InChI=1S/C22H28N2O5S/c1-28-20-9-8-17(16-21(20)29-2)10-13-23-22(25)18-11-14-24(15-12-18)30(26,27)19-6-4-3-5-7-19/h3-9,16,18H,10-15H2,1-2H3,(H,23,25). The predicted octanol–water partition coefficient (Wildman–Crippen LogP) is 2.46. The number of carbonyl (C=O) groups excluding carboxylic acids is 1. The maximum Gasteiger partial charge on any atom is 0.243 e. The highest BCUT2D eigenvalue weighted by molar-refractivity contribution is 7.89. The lowest BCUT2D eigenvalue weighted by Crippen LogP contribution is -2.43. The van der Waals surface area contributed by atoms with Gasteiger partial charge in [0.25, 0.3) is 0 Å². The fourth-order valence-corrected chi connectivity index (χ4v) is 5.10. The minimum atomic E-state index is -3.50. The Balaban J connectivity index is 1.48. The molecule has 2 aromatic carbocycles. The van der Waals surface area contributed by atoms with Crippen LogP contribution in [-0.2, 0) is 21.2 Å². The van der Waals surface area contributed by atoms with E-state index in [-0.39, 0.29) is 11.8 Å². The molecule has 7 nitrogen and oxygen atoms in total. The second kappa shape index (κ2) is 9.95. The van der Waals surface area contributed by atoms with E-state index in [1.165, 1.54) is 4.31 Å². The highest BCUT2D eigenvalue weighted by Crippen LogP contribution is 2.28. The molecule has 0 saturated carbocycles. The number of rotatable bonds is 8. The van der Waals surface area contributed by atoms with Crippen LogP contribution in [0.5, 0.6) is 11.5 Å². The van der Waals surface area contributed by atoms with Crippen molar-refractivity contribution in [3.05, 3.63) is 54.1 Å². The van der Waals surface area contributed by atoms with Gasteiger partial charge >= 0.3 is 0 Å². The van der Waals surface area contributed by atoms with Crippen LogP contribution in [0.1, 0.15) is 18.4 Å². The zero-order valence-electron chi connectivity index (χ0n) is 17.3. The van der Waals surface area contributed by atoms with Crippen molar-refractivity contribution in [1.82, 2.24) is 9.62 Å². The first-order valence-electron chi connectivity index (χ1n) is 9.99. The van der Waals surface area contributed by atoms with Crippen molar-refractivity contribution in [2.75, 3.05) is 33.9 Å². The minimum absolute atomic E-state index is 0.0211. The number of nitrogens with one attached hydrogen (secondary N) is 1. The lowest BCUT2D eigenvalue weighted by Gasteiger charge is -2.30. The van der Waals surface area contributed by atoms with Gasteiger partial charge in [0.1, 0.15) is 0 Å². The molecule has 0 aromatic heterocycles. The quantitative estimate of drug-likeness (QED) is 0.693. The molecule has 1 saturated heterocycles. The molecular formula is C22H28N2O5S. The normalized spacial score (nSPS) is 15.5. The lowest BCUT2D eigenvalue weighted by molar-refractivity contribution is -0.126. The van der Waals surface area contributed by atoms with Gasteiger partial charge in [-0.2, -0.15) is 4.31 Å². The summed E-state index contributed by atoms with van der Waals surface area (Å²) in [6.07, 6.45) is 1.72. The monoisotopic (exact) mass is 432 g/mol. The van der Waals surface area contributed by atoms with E-state index in [4.69, 9.17) is 9.47 Å². The van der Waals surface area contributed by atoms with Crippen molar-refractivity contribution in [3.63, 3.8) is 0 Å². The highest BCUT2D eigenvalue weighted by atomic mass is 32.2. The Bertz CT molecular complexity index is 955. The summed E-state index contributed by atoms with van der Waals surface area (Å²) in [5.74, 6) is 1.14. The Kier molecular flexibility index (Phi) is 7.33. The van der Waals surface area contributed by atoms with Crippen LogP contribution in [0.4, 0.5) is 0 Å². The maximum atomic E-state index is 12.7. The molecule has 0 unspecified atom stereocenters. The first kappa shape index (κ1) is 22.1. The van der Waals surface area contributed by atoms with Gasteiger partial charge in [0.15, 0.2) is 11.5 Å². The van der Waals surface area contributed by atoms with Crippen LogP contribution in [0.15, 0.2) is 53.4 Å². The van der Waals surface area contributed by atoms with Crippen molar-refractivity contribution in [3.8, 4) is 11.5 Å². The van der Waals surface area contributed by atoms with Crippen LogP contribution < -0.4 is 14.8 Å². The van der Waals surface area contributed by atoms with Gasteiger partial charge in [0, 0.05) is 25.6 Å². The van der Waals surface area contributed by atoms with Gasteiger partial charge in [-0.3, -0.25) is 4.79 Å². The van der Waals surface area contributed by atoms with Crippen LogP contribution in [0.25, 0.3) is 0 Å². The van der Waals surface area contributed by atoms with Crippen LogP contribution in [0.2, 0.25) is 0 Å². The number of benzene rings is 2. The molecule has 0 aliphatic carbocycles. The zero-order valence-corrected chi connectivity index (χ0v) is 18.2. The average Bonchev–Trinajstić information content (AvgIpc) is 2.79. The summed E-state index contributed by atoms with van der Waals surface area (Å²) in [7, 11) is -0.315. The molecule has 0 spiro atoms. The van der Waals surface area contributed by atoms with E-state index in [0.717, 1.165) is 5.56 Å². The Hall–Kier alpha value is -2.58. The van der Waals surface area contributed by atoms with Crippen LogP contribution >= 0.6 is 0 Å². The van der Waals surface area contributed by atoms with E-state index in [1.54, 1.807) is 44.6 Å². The fraction of sp³-hybridized carbons (Fsp3) is 0.409. The third kappa shape index (κ3) is 5.12. The SMILES string of the molecule is COc1ccc(CCNC(=O)C2CCN(S(=O)(=O)c3ccccc3)CC2)cc1OC. The summed E-state index contributed by atoms with van der Waals surface area (Å²) in [5.41, 5.74) is 1.04. The molecule has 162 valence electrons. The first-order valence-corrected chi connectivity index (χ1v) is 11.4. The largest absolute Gasteiger partial charge is 0.493 e. The van der Waals surface area contributed by atoms with Crippen molar-refractivity contribution in [2.45, 2.75) is 24.2 Å². The molecule has 0 atom stereocenters. The molecular weight excluding hydrogens is 404 g/mol. The minimum Gasteiger partial charge on any atom is -0.493 e. The van der Waals surface area contributed by atoms with Crippen LogP contribution in [0, 0.1) is 5.92 Å². The van der Waals surface area contributed by atoms with Gasteiger partial charge in [-0.15, -0.1) is 0 Å². The summed E-state index contributed by atoms with van der Waals surface area (Å²) in [6.45, 7) is 1.22. The number of nitrogens with zero attached hydrogens (tertiary/aromatic N) is 1. The molecule has 1 heterocycles. The van der Waals surface area contributed by atoms with Crippen LogP contribution in [-0.4, -0.2) is 52.5 Å². The summed E-state index contributed by atoms with van der Waals surface area (Å²) >= 11 is 0. The number of hydrogen-bond donors (Lipinski definition) is 1. The zero-order chi connectivity index (χ0) is 21.6. The van der Waals surface area contributed by atoms with E-state index in [9.17, 15) is 13.2 Å². The summed E-state index contributed by atoms with van der Waals surface area (Å²) < 4.78 is 37.4. The lowest BCUT2D eigenvalue weighted by atomic mass is 9.97. The summed E-state index contributed by atoms with van der Waals surface area (Å²) in [5, 5.41) is 2.97. The molecule has 0 radical (unpaired) electrons. The second-order valence-electron chi connectivity index (χ2n) is 7.22. The number of sulfonamides is 1. The Morgan fingerprint density at radius 3 is 2.33 bits per heavy atom. The van der Waals surface area contributed by atoms with Crippen molar-refractivity contribution >= 4 is 15.9 Å². The van der Waals surface area contributed by atoms with E-state index in [0.29, 0.717) is 55.3 Å². The number of ether oxygens (including phenoxy) is 2. The van der Waals surface area contributed by atoms with Gasteiger partial charge in [-0.1, -0.05) is 24.3 Å². The van der Waals surface area contributed by atoms with Gasteiger partial charge in [-0.25, -0.2) is 8.42 Å². The van der Waals surface area contributed by atoms with E-state index < -0.39 is 10.0 Å². The van der Waals surface area contributed by atoms with E-state index in [2.05, 4.69) is 5.32 Å². The van der Waals surface area contributed by atoms with Gasteiger partial charge in [-0.05, 0) is 49.1 Å². The Morgan fingerprint density at radius 2 is 1.70 bits per heavy atom. The van der Waals surface area contributed by atoms with Gasteiger partial charge in [0.05, 0.1) is 19.1 Å². The predicted molar refractivity (Wildman–Crippen MR) is 114 cm³/mol. The Labute approximate surface area is 178 Å². The molecule has 1 aliphatic heterocycles. The molecule has 1 fully saturated rings. The van der Waals surface area contributed by atoms with Crippen molar-refractivity contribution in [2.24, 2.45) is 5.92 Å². The average molecular weight is 433 g/mol. The third-order valence-electron chi connectivity index (χ3n) is 5.37. The molecule has 30 heavy (non-hydrogen) atoms. The molecule has 8 heteroatoms. The second-order valence-corrected chi connectivity index (χ2v) is 9.16. The Morgan fingerprint density at radius 1 is 1.03 bits per heavy atom. The van der Waals surface area contributed by atoms with E-state index in [1.807, 2.05) is 18.2 Å². The maximum absolute atomic E-state index is 12.7. The fourth-order valence-electron chi connectivity index (χ4n) is 3.61. The summed E-state index contributed by atoms with van der Waals surface area (Å²) in [6, 6.07) is 14.1. The third-order valence-corrected chi connectivity index (χ3v) is 7.28. The number of hydrogen-bond acceptors (Lipinski definition) is 5. The molecule has 3 rings (SSSR count). The highest BCUT2D eigenvalue weighted by Gasteiger charge is 2.31. The smallest absolute Gasteiger partial charge is 0.243 e. The molecule has 1 N–H and O–H groups in total. The topological polar surface area (TPSA) is 84.9 Å². The summed E-state index contributed by atoms with van der Waals surface area (Å²) in [4.78, 5) is 12.8. The number of piperidine rings is 1. The number of methoxy groups -OCH3 is 2. The van der Waals surface area contributed by atoms with E-state index >= 15 is 0 Å². The number of amides is 1. The molecule has 1 aliphatic rings. The van der Waals surface area contributed by atoms with Crippen molar-refractivity contribution in [1.29, 1.82) is 0 Å². The van der Waals surface area contributed by atoms with Gasteiger partial charge in [0.2, 0.25) is 15.9 Å². The molecule has 0 bridgehead atoms. The first-order chi connectivity index (χ1) is 14.5. The van der Waals surface area contributed by atoms with Crippen molar-refractivity contribution < 1.29 is 22.7 Å².